The van der Waals surface area contributed by atoms with Crippen LogP contribution in [0.15, 0.2) is 66.7 Å². The fourth-order valence-electron chi connectivity index (χ4n) is 4.71. The number of piperazine rings is 1. The molecule has 0 bridgehead atoms. The lowest BCUT2D eigenvalue weighted by atomic mass is 9.93. The van der Waals surface area contributed by atoms with E-state index in [1.54, 1.807) is 13.0 Å². The standard InChI is InChI=1S/C29H34ClFN2O3/c1-20-4-8-23(9-5-20)29(3,35)19-32-14-15-33(28(17-32)22-6-10-24(31)11-7-22)27-13-12-25(16-26(27)30)36-18-21(2)34/h4-13,16,21,28,34-35H,14-15,17-19H2,1-3H3/t21?,28-,29+/m0/s1. The SMILES string of the molecule is Cc1ccc([C@](C)(O)CN2CCN(c3ccc(OCC(C)O)cc3Cl)[C@H](c3ccc(F)cc3)C2)cc1. The maximum absolute atomic E-state index is 13.7. The van der Waals surface area contributed by atoms with Gasteiger partial charge in [0.1, 0.15) is 18.2 Å². The van der Waals surface area contributed by atoms with Gasteiger partial charge in [-0.05, 0) is 56.2 Å². The maximum atomic E-state index is 13.7. The van der Waals surface area contributed by atoms with Gasteiger partial charge in [-0.15, -0.1) is 0 Å². The second-order valence-corrected chi connectivity index (χ2v) is 10.3. The topological polar surface area (TPSA) is 56.2 Å². The second kappa shape index (κ2) is 11.2. The summed E-state index contributed by atoms with van der Waals surface area (Å²) in [7, 11) is 0. The smallest absolute Gasteiger partial charge is 0.123 e. The van der Waals surface area contributed by atoms with Crippen LogP contribution in [0, 0.1) is 12.7 Å². The number of aliphatic hydroxyl groups is 2. The van der Waals surface area contributed by atoms with Gasteiger partial charge in [0.25, 0.3) is 0 Å². The van der Waals surface area contributed by atoms with Crippen molar-refractivity contribution < 1.29 is 19.3 Å². The lowest BCUT2D eigenvalue weighted by Gasteiger charge is -2.45. The van der Waals surface area contributed by atoms with Crippen LogP contribution in [-0.2, 0) is 5.60 Å². The molecule has 3 aromatic rings. The molecule has 192 valence electrons. The summed E-state index contributed by atoms with van der Waals surface area (Å²) in [6.45, 7) is 8.26. The number of rotatable bonds is 8. The van der Waals surface area contributed by atoms with E-state index in [0.717, 1.165) is 28.9 Å². The van der Waals surface area contributed by atoms with Crippen LogP contribution in [0.5, 0.6) is 5.75 Å². The Hall–Kier alpha value is -2.64. The van der Waals surface area contributed by atoms with E-state index in [4.69, 9.17) is 16.3 Å². The van der Waals surface area contributed by atoms with Crippen molar-refractivity contribution in [3.8, 4) is 5.75 Å². The number of hydrogen-bond acceptors (Lipinski definition) is 5. The van der Waals surface area contributed by atoms with Gasteiger partial charge in [0.2, 0.25) is 0 Å². The highest BCUT2D eigenvalue weighted by Crippen LogP contribution is 2.38. The van der Waals surface area contributed by atoms with Crippen LogP contribution in [0.3, 0.4) is 0 Å². The van der Waals surface area contributed by atoms with Crippen LogP contribution in [0.2, 0.25) is 5.02 Å². The highest BCUT2D eigenvalue weighted by molar-refractivity contribution is 6.33. The zero-order valence-corrected chi connectivity index (χ0v) is 21.8. The first-order valence-corrected chi connectivity index (χ1v) is 12.6. The quantitative estimate of drug-likeness (QED) is 0.428. The molecule has 3 aromatic carbocycles. The Morgan fingerprint density at radius 3 is 2.42 bits per heavy atom. The van der Waals surface area contributed by atoms with E-state index in [2.05, 4.69) is 9.80 Å². The van der Waals surface area contributed by atoms with Crippen molar-refractivity contribution in [1.82, 2.24) is 4.90 Å². The molecule has 5 nitrogen and oxygen atoms in total. The van der Waals surface area contributed by atoms with Crippen molar-refractivity contribution in [2.45, 2.75) is 38.5 Å². The van der Waals surface area contributed by atoms with Gasteiger partial charge in [-0.3, -0.25) is 4.90 Å². The number of aliphatic hydroxyl groups excluding tert-OH is 1. The third-order valence-corrected chi connectivity index (χ3v) is 6.95. The highest BCUT2D eigenvalue weighted by atomic mass is 35.5. The number of nitrogens with zero attached hydrogens (tertiary/aromatic N) is 2. The number of halogens is 2. The number of β-amino-alcohol motifs (C(OH)–C–C–N with tert-alkyl or cyclic N) is 1. The fraction of sp³-hybridized carbons (Fsp3) is 0.379. The minimum absolute atomic E-state index is 0.0881. The molecule has 1 unspecified atom stereocenters. The van der Waals surface area contributed by atoms with Gasteiger partial charge in [-0.25, -0.2) is 4.39 Å². The van der Waals surface area contributed by atoms with Crippen LogP contribution in [0.25, 0.3) is 0 Å². The van der Waals surface area contributed by atoms with Crippen LogP contribution >= 0.6 is 11.6 Å². The molecule has 3 atom stereocenters. The van der Waals surface area contributed by atoms with Crippen molar-refractivity contribution in [2.24, 2.45) is 0 Å². The first kappa shape index (κ1) is 26.4. The van der Waals surface area contributed by atoms with E-state index < -0.39 is 11.7 Å². The molecular weight excluding hydrogens is 479 g/mol. The molecule has 0 saturated carbocycles. The lowest BCUT2D eigenvalue weighted by Crippen LogP contribution is -2.52. The lowest BCUT2D eigenvalue weighted by molar-refractivity contribution is 0.0103. The molecule has 7 heteroatoms. The molecule has 0 aliphatic carbocycles. The molecule has 1 fully saturated rings. The van der Waals surface area contributed by atoms with E-state index in [-0.39, 0.29) is 18.5 Å². The summed E-state index contributed by atoms with van der Waals surface area (Å²) in [6.07, 6.45) is -0.573. The van der Waals surface area contributed by atoms with Crippen molar-refractivity contribution in [1.29, 1.82) is 0 Å². The molecule has 0 aromatic heterocycles. The van der Waals surface area contributed by atoms with Gasteiger partial charge < -0.3 is 19.8 Å². The third kappa shape index (κ3) is 6.37. The molecule has 2 N–H and O–H groups in total. The van der Waals surface area contributed by atoms with E-state index in [1.165, 1.54) is 12.1 Å². The monoisotopic (exact) mass is 512 g/mol. The number of aryl methyl sites for hydroxylation is 1. The Balaban J connectivity index is 1.58. The third-order valence-electron chi connectivity index (χ3n) is 6.64. The molecule has 1 aliphatic heterocycles. The van der Waals surface area contributed by atoms with E-state index >= 15 is 0 Å². The normalized spacial score (nSPS) is 19.1. The van der Waals surface area contributed by atoms with Crippen molar-refractivity contribution in [2.75, 3.05) is 37.7 Å². The summed E-state index contributed by atoms with van der Waals surface area (Å²) in [5.41, 5.74) is 2.86. The van der Waals surface area contributed by atoms with Gasteiger partial charge in [-0.2, -0.15) is 0 Å². The van der Waals surface area contributed by atoms with Gasteiger partial charge in [0, 0.05) is 32.2 Å². The Morgan fingerprint density at radius 2 is 1.78 bits per heavy atom. The summed E-state index contributed by atoms with van der Waals surface area (Å²) >= 11 is 6.69. The molecule has 1 heterocycles. The van der Waals surface area contributed by atoms with Crippen molar-refractivity contribution >= 4 is 17.3 Å². The van der Waals surface area contributed by atoms with Gasteiger partial charge in [-0.1, -0.05) is 53.6 Å². The van der Waals surface area contributed by atoms with Crippen molar-refractivity contribution in [3.63, 3.8) is 0 Å². The van der Waals surface area contributed by atoms with E-state index in [1.807, 2.05) is 62.4 Å². The summed E-state index contributed by atoms with van der Waals surface area (Å²) in [5.74, 6) is 0.314. The van der Waals surface area contributed by atoms with E-state index in [0.29, 0.717) is 30.4 Å². The minimum Gasteiger partial charge on any atom is -0.491 e. The first-order chi connectivity index (χ1) is 17.1. The Morgan fingerprint density at radius 1 is 1.08 bits per heavy atom. The van der Waals surface area contributed by atoms with Crippen molar-refractivity contribution in [3.05, 3.63) is 94.3 Å². The molecule has 0 amide bonds. The van der Waals surface area contributed by atoms with Crippen LogP contribution < -0.4 is 9.64 Å². The molecule has 1 aliphatic rings. The average Bonchev–Trinajstić information content (AvgIpc) is 2.83. The minimum atomic E-state index is -1.01. The predicted octanol–water partition coefficient (Wildman–Crippen LogP) is 5.32. The van der Waals surface area contributed by atoms with Gasteiger partial charge >= 0.3 is 0 Å². The predicted molar refractivity (Wildman–Crippen MR) is 142 cm³/mol. The summed E-state index contributed by atoms with van der Waals surface area (Å²) in [6, 6.07) is 20.0. The molecular formula is C29H34ClFN2O3. The summed E-state index contributed by atoms with van der Waals surface area (Å²) in [4.78, 5) is 4.48. The zero-order chi connectivity index (χ0) is 25.9. The zero-order valence-electron chi connectivity index (χ0n) is 21.0. The largest absolute Gasteiger partial charge is 0.491 e. The molecule has 1 saturated heterocycles. The number of benzene rings is 3. The maximum Gasteiger partial charge on any atom is 0.123 e. The molecule has 0 radical (unpaired) electrons. The fourth-order valence-corrected chi connectivity index (χ4v) is 4.99. The van der Waals surface area contributed by atoms with Crippen LogP contribution in [0.4, 0.5) is 10.1 Å². The Kier molecular flexibility index (Phi) is 8.20. The van der Waals surface area contributed by atoms with E-state index in [9.17, 15) is 14.6 Å². The number of anilines is 1. The first-order valence-electron chi connectivity index (χ1n) is 12.3. The average molecular weight is 513 g/mol. The Labute approximate surface area is 217 Å². The number of hydrogen-bond donors (Lipinski definition) is 2. The van der Waals surface area contributed by atoms with Crippen LogP contribution in [0.1, 0.15) is 36.6 Å². The van der Waals surface area contributed by atoms with Gasteiger partial charge in [0.05, 0.1) is 28.5 Å². The number of ether oxygens (including phenoxy) is 1. The summed E-state index contributed by atoms with van der Waals surface area (Å²) in [5, 5.41) is 21.4. The highest BCUT2D eigenvalue weighted by Gasteiger charge is 2.34. The molecule has 4 rings (SSSR count). The molecule has 36 heavy (non-hydrogen) atoms. The summed E-state index contributed by atoms with van der Waals surface area (Å²) < 4.78 is 19.3. The van der Waals surface area contributed by atoms with Gasteiger partial charge in [0.15, 0.2) is 0 Å². The second-order valence-electron chi connectivity index (χ2n) is 9.91. The Bertz CT molecular complexity index is 1150. The molecule has 0 spiro atoms. The van der Waals surface area contributed by atoms with Crippen LogP contribution in [-0.4, -0.2) is 54.0 Å².